The summed E-state index contributed by atoms with van der Waals surface area (Å²) < 4.78 is 1.79. The summed E-state index contributed by atoms with van der Waals surface area (Å²) in [5, 5.41) is 8.43. The van der Waals surface area contributed by atoms with Crippen molar-refractivity contribution in [3.8, 4) is 0 Å². The molecule has 7 nitrogen and oxygen atoms in total. The van der Waals surface area contributed by atoms with E-state index in [-0.39, 0.29) is 11.4 Å². The van der Waals surface area contributed by atoms with Gasteiger partial charge < -0.3 is 10.2 Å². The Labute approximate surface area is 178 Å². The van der Waals surface area contributed by atoms with Gasteiger partial charge in [0.1, 0.15) is 0 Å². The number of nitrogens with zero attached hydrogens (tertiary/aromatic N) is 5. The number of aromatic nitrogens is 4. The second-order valence-electron chi connectivity index (χ2n) is 8.38. The number of amides is 1. The molecule has 0 aliphatic heterocycles. The summed E-state index contributed by atoms with van der Waals surface area (Å²) in [5.41, 5.74) is 3.12. The minimum absolute atomic E-state index is 0.0907. The predicted octanol–water partition coefficient (Wildman–Crippen LogP) is 3.17. The van der Waals surface area contributed by atoms with Crippen LogP contribution in [0.1, 0.15) is 61.9 Å². The maximum absolute atomic E-state index is 12.7. The van der Waals surface area contributed by atoms with Crippen molar-refractivity contribution in [2.24, 2.45) is 0 Å². The van der Waals surface area contributed by atoms with Gasteiger partial charge in [-0.1, -0.05) is 37.4 Å². The molecule has 0 spiro atoms. The Kier molecular flexibility index (Phi) is 7.16. The van der Waals surface area contributed by atoms with Gasteiger partial charge in [0.15, 0.2) is 0 Å². The minimum Gasteiger partial charge on any atom is -0.354 e. The average molecular weight is 419 g/mol. The predicted molar refractivity (Wildman–Crippen MR) is 117 cm³/mol. The van der Waals surface area contributed by atoms with Crippen LogP contribution in [0.25, 0.3) is 5.78 Å². The fourth-order valence-electron chi connectivity index (χ4n) is 4.40. The lowest BCUT2D eigenvalue weighted by Crippen LogP contribution is -2.52. The van der Waals surface area contributed by atoms with Gasteiger partial charge >= 0.3 is 0 Å². The molecule has 8 heteroatoms. The summed E-state index contributed by atoms with van der Waals surface area (Å²) in [5.74, 6) is 0.733. The summed E-state index contributed by atoms with van der Waals surface area (Å²) in [6.45, 7) is 4.74. The van der Waals surface area contributed by atoms with E-state index in [0.29, 0.717) is 23.8 Å². The summed E-state index contributed by atoms with van der Waals surface area (Å²) in [7, 11) is 4.29. The zero-order valence-electron chi connectivity index (χ0n) is 18.4. The lowest BCUT2D eigenvalue weighted by Gasteiger charge is -2.39. The van der Waals surface area contributed by atoms with Crippen LogP contribution in [0.5, 0.6) is 0 Å². The first kappa shape index (κ1) is 22.0. The maximum atomic E-state index is 12.7. The average Bonchev–Trinajstić information content (AvgIpc) is 2.95. The normalized spacial score (nSPS) is 16.9. The van der Waals surface area contributed by atoms with Gasteiger partial charge in [0.25, 0.3) is 5.78 Å². The Balaban J connectivity index is 1.64. The monoisotopic (exact) mass is 418 g/mol. The molecule has 2 aromatic rings. The molecule has 0 unspecified atom stereocenters. The zero-order chi connectivity index (χ0) is 21.0. The molecule has 0 saturated heterocycles. The highest BCUT2D eigenvalue weighted by atomic mass is 32.2. The van der Waals surface area contributed by atoms with Gasteiger partial charge in [-0.2, -0.15) is 4.98 Å². The van der Waals surface area contributed by atoms with E-state index in [4.69, 9.17) is 0 Å². The smallest absolute Gasteiger partial charge is 0.253 e. The van der Waals surface area contributed by atoms with Crippen molar-refractivity contribution >= 4 is 23.4 Å². The van der Waals surface area contributed by atoms with E-state index in [2.05, 4.69) is 39.4 Å². The Hall–Kier alpha value is -1.67. The Morgan fingerprint density at radius 1 is 1.17 bits per heavy atom. The topological polar surface area (TPSA) is 75.4 Å². The molecule has 0 aromatic carbocycles. The van der Waals surface area contributed by atoms with E-state index in [1.807, 2.05) is 20.1 Å². The molecule has 1 fully saturated rings. The van der Waals surface area contributed by atoms with Crippen LogP contribution in [0.3, 0.4) is 0 Å². The van der Waals surface area contributed by atoms with E-state index in [1.165, 1.54) is 37.4 Å². The number of nitrogens with one attached hydrogen (secondary N) is 1. The van der Waals surface area contributed by atoms with Gasteiger partial charge in [0.2, 0.25) is 11.1 Å². The first-order valence-electron chi connectivity index (χ1n) is 10.6. The number of fused-ring (bicyclic) bond motifs is 1. The highest BCUT2D eigenvalue weighted by Gasteiger charge is 2.33. The van der Waals surface area contributed by atoms with Crippen molar-refractivity contribution in [1.29, 1.82) is 0 Å². The first-order valence-corrected chi connectivity index (χ1v) is 11.8. The molecule has 2 aromatic heterocycles. The maximum Gasteiger partial charge on any atom is 0.253 e. The van der Waals surface area contributed by atoms with Gasteiger partial charge in [0, 0.05) is 29.9 Å². The fourth-order valence-corrected chi connectivity index (χ4v) is 4.73. The molecule has 1 N–H and O–H groups in total. The van der Waals surface area contributed by atoms with E-state index in [9.17, 15) is 4.79 Å². The second-order valence-corrected chi connectivity index (χ2v) is 9.15. The van der Waals surface area contributed by atoms with E-state index >= 15 is 0 Å². The van der Waals surface area contributed by atoms with E-state index in [1.54, 1.807) is 4.52 Å². The molecule has 160 valence electrons. The third-order valence-electron chi connectivity index (χ3n) is 6.41. The molecule has 1 aliphatic rings. The van der Waals surface area contributed by atoms with Crippen LogP contribution < -0.4 is 5.32 Å². The highest BCUT2D eigenvalue weighted by Crippen LogP contribution is 2.30. The van der Waals surface area contributed by atoms with Crippen molar-refractivity contribution in [3.05, 3.63) is 17.0 Å². The van der Waals surface area contributed by atoms with E-state index < -0.39 is 0 Å². The minimum atomic E-state index is 0.0907. The Morgan fingerprint density at radius 2 is 1.86 bits per heavy atom. The molecular weight excluding hydrogens is 384 g/mol. The highest BCUT2D eigenvalue weighted by molar-refractivity contribution is 7.98. The number of aryl methyl sites for hydroxylation is 2. The summed E-state index contributed by atoms with van der Waals surface area (Å²) >= 11 is 1.51. The number of hydrogen-bond donors (Lipinski definition) is 1. The largest absolute Gasteiger partial charge is 0.354 e. The van der Waals surface area contributed by atoms with E-state index in [0.717, 1.165) is 36.3 Å². The number of thioether (sulfide) groups is 1. The molecule has 1 saturated carbocycles. The van der Waals surface area contributed by atoms with Crippen LogP contribution in [0.2, 0.25) is 0 Å². The Morgan fingerprint density at radius 3 is 2.48 bits per heavy atom. The van der Waals surface area contributed by atoms with Crippen LogP contribution in [-0.4, -0.2) is 62.8 Å². The molecule has 1 aliphatic carbocycles. The van der Waals surface area contributed by atoms with Crippen molar-refractivity contribution < 1.29 is 4.79 Å². The van der Waals surface area contributed by atoms with Crippen LogP contribution in [0.15, 0.2) is 5.16 Å². The lowest BCUT2D eigenvalue weighted by molar-refractivity contribution is -0.121. The SMILES string of the molecule is CSc1nc2nc(C)c(CCC(=O)NCC3(N(C)C)CCCCCC3)c(C)n2n1. The number of carbonyl (C=O) groups excluding carboxylic acids is 1. The van der Waals surface area contributed by atoms with Crippen molar-refractivity contribution in [2.45, 2.75) is 75.9 Å². The molecule has 0 radical (unpaired) electrons. The number of carbonyl (C=O) groups is 1. The summed E-state index contributed by atoms with van der Waals surface area (Å²) in [4.78, 5) is 24.0. The van der Waals surface area contributed by atoms with Crippen molar-refractivity contribution in [1.82, 2.24) is 29.8 Å². The number of hydrogen-bond acceptors (Lipinski definition) is 6. The van der Waals surface area contributed by atoms with Crippen molar-refractivity contribution in [3.63, 3.8) is 0 Å². The van der Waals surface area contributed by atoms with Gasteiger partial charge in [0.05, 0.1) is 0 Å². The Bertz CT molecular complexity index is 854. The first-order chi connectivity index (χ1) is 13.9. The molecular formula is C21H34N6OS. The van der Waals surface area contributed by atoms with Crippen LogP contribution in [0, 0.1) is 13.8 Å². The number of rotatable bonds is 7. The van der Waals surface area contributed by atoms with Gasteiger partial charge in [-0.15, -0.1) is 5.10 Å². The van der Waals surface area contributed by atoms with Crippen LogP contribution in [0.4, 0.5) is 0 Å². The molecule has 29 heavy (non-hydrogen) atoms. The summed E-state index contributed by atoms with van der Waals surface area (Å²) in [6, 6.07) is 0. The van der Waals surface area contributed by atoms with Crippen LogP contribution >= 0.6 is 11.8 Å². The third-order valence-corrected chi connectivity index (χ3v) is 6.95. The fraction of sp³-hybridized carbons (Fsp3) is 0.714. The second kappa shape index (κ2) is 9.43. The number of likely N-dealkylation sites (N-methyl/N-ethyl adjacent to an activating group) is 1. The van der Waals surface area contributed by atoms with Gasteiger partial charge in [-0.05, 0) is 59.0 Å². The summed E-state index contributed by atoms with van der Waals surface area (Å²) in [6.07, 6.45) is 10.5. The molecule has 2 heterocycles. The quantitative estimate of drug-likeness (QED) is 0.550. The third kappa shape index (κ3) is 4.91. The van der Waals surface area contributed by atoms with Crippen LogP contribution in [-0.2, 0) is 11.2 Å². The molecule has 0 bridgehead atoms. The lowest BCUT2D eigenvalue weighted by atomic mass is 9.88. The van der Waals surface area contributed by atoms with Gasteiger partial charge in [-0.25, -0.2) is 9.50 Å². The van der Waals surface area contributed by atoms with Gasteiger partial charge in [-0.3, -0.25) is 4.79 Å². The van der Waals surface area contributed by atoms with Crippen molar-refractivity contribution in [2.75, 3.05) is 26.9 Å². The molecule has 0 atom stereocenters. The molecule has 3 rings (SSSR count). The standard InChI is InChI=1S/C21H34N6OS/c1-15-17(16(2)27-19(23-15)24-20(25-27)29-5)10-11-18(28)22-14-21(26(3)4)12-8-6-7-9-13-21/h6-14H2,1-5H3,(H,22,28). The zero-order valence-corrected chi connectivity index (χ0v) is 19.2. The molecule has 1 amide bonds.